The molecule has 0 radical (unpaired) electrons. The minimum atomic E-state index is -0.261. The molecule has 6 heteroatoms. The lowest BCUT2D eigenvalue weighted by Gasteiger charge is -2.09. The van der Waals surface area contributed by atoms with E-state index >= 15 is 0 Å². The Balaban J connectivity index is 2.21. The van der Waals surface area contributed by atoms with Crippen molar-refractivity contribution < 1.29 is 9.53 Å². The first-order valence-corrected chi connectivity index (χ1v) is 5.33. The highest BCUT2D eigenvalue weighted by Gasteiger charge is 2.10. The van der Waals surface area contributed by atoms with Crippen molar-refractivity contribution >= 4 is 17.3 Å². The fraction of sp³-hybridized carbons (Fsp3) is 0.167. The minimum Gasteiger partial charge on any atom is -0.497 e. The van der Waals surface area contributed by atoms with E-state index in [9.17, 15) is 4.79 Å². The maximum Gasteiger partial charge on any atom is 0.258 e. The second-order valence-electron chi connectivity index (χ2n) is 3.81. The maximum atomic E-state index is 11.9. The number of amides is 1. The number of anilines is 2. The Morgan fingerprint density at radius 2 is 2.28 bits per heavy atom. The molecule has 3 N–H and O–H groups in total. The van der Waals surface area contributed by atoms with Gasteiger partial charge in [0.1, 0.15) is 5.75 Å². The summed E-state index contributed by atoms with van der Waals surface area (Å²) in [5.41, 5.74) is 7.25. The molecule has 0 bridgehead atoms. The van der Waals surface area contributed by atoms with Crippen LogP contribution in [0.25, 0.3) is 0 Å². The number of nitrogens with zero attached hydrogens (tertiary/aromatic N) is 2. The summed E-state index contributed by atoms with van der Waals surface area (Å²) in [6.45, 7) is 0. The van der Waals surface area contributed by atoms with E-state index in [1.54, 1.807) is 43.2 Å². The van der Waals surface area contributed by atoms with E-state index in [4.69, 9.17) is 10.5 Å². The van der Waals surface area contributed by atoms with Crippen molar-refractivity contribution in [1.29, 1.82) is 0 Å². The van der Waals surface area contributed by atoms with Crippen molar-refractivity contribution in [2.75, 3.05) is 18.2 Å². The molecule has 0 atom stereocenters. The van der Waals surface area contributed by atoms with Crippen LogP contribution in [0.4, 0.5) is 11.4 Å². The zero-order valence-corrected chi connectivity index (χ0v) is 10.2. The van der Waals surface area contributed by atoms with Crippen molar-refractivity contribution in [3.63, 3.8) is 0 Å². The van der Waals surface area contributed by atoms with E-state index < -0.39 is 0 Å². The summed E-state index contributed by atoms with van der Waals surface area (Å²) in [5, 5.41) is 6.65. The molecule has 1 amide bonds. The van der Waals surface area contributed by atoms with Crippen LogP contribution in [0.3, 0.4) is 0 Å². The van der Waals surface area contributed by atoms with Crippen LogP contribution in [0.1, 0.15) is 10.4 Å². The van der Waals surface area contributed by atoms with Crippen molar-refractivity contribution in [2.45, 2.75) is 0 Å². The lowest BCUT2D eigenvalue weighted by Crippen LogP contribution is -2.12. The molecular formula is C12H14N4O2. The standard InChI is InChI=1S/C12H14N4O2/c1-16-7-8(6-14-16)12(17)15-11-5-9(18-2)3-4-10(11)13/h3-7H,13H2,1-2H3,(H,15,17). The van der Waals surface area contributed by atoms with Gasteiger partial charge in [-0.2, -0.15) is 5.10 Å². The Hall–Kier alpha value is -2.50. The van der Waals surface area contributed by atoms with Gasteiger partial charge in [0, 0.05) is 19.3 Å². The molecule has 6 nitrogen and oxygen atoms in total. The van der Waals surface area contributed by atoms with Crippen LogP contribution in [0.2, 0.25) is 0 Å². The number of benzene rings is 1. The average Bonchev–Trinajstić information content (AvgIpc) is 2.79. The van der Waals surface area contributed by atoms with Crippen molar-refractivity contribution in [3.8, 4) is 5.75 Å². The predicted octanol–water partition coefficient (Wildman–Crippen LogP) is 1.26. The number of hydrogen-bond donors (Lipinski definition) is 2. The second kappa shape index (κ2) is 4.79. The van der Waals surface area contributed by atoms with Gasteiger partial charge in [0.25, 0.3) is 5.91 Å². The molecule has 0 aliphatic heterocycles. The molecular weight excluding hydrogens is 232 g/mol. The number of aryl methyl sites for hydroxylation is 1. The van der Waals surface area contributed by atoms with Gasteiger partial charge >= 0.3 is 0 Å². The van der Waals surface area contributed by atoms with Crippen LogP contribution >= 0.6 is 0 Å². The lowest BCUT2D eigenvalue weighted by atomic mass is 10.2. The lowest BCUT2D eigenvalue weighted by molar-refractivity contribution is 0.102. The molecule has 94 valence electrons. The third-order valence-corrected chi connectivity index (χ3v) is 2.48. The quantitative estimate of drug-likeness (QED) is 0.799. The van der Waals surface area contributed by atoms with Crippen LogP contribution in [-0.4, -0.2) is 22.8 Å². The highest BCUT2D eigenvalue weighted by molar-refractivity contribution is 6.05. The van der Waals surface area contributed by atoms with Gasteiger partial charge in [-0.25, -0.2) is 0 Å². The zero-order valence-electron chi connectivity index (χ0n) is 10.2. The highest BCUT2D eigenvalue weighted by Crippen LogP contribution is 2.24. The number of nitrogen functional groups attached to an aromatic ring is 1. The molecule has 1 aromatic heterocycles. The summed E-state index contributed by atoms with van der Waals surface area (Å²) in [7, 11) is 3.30. The van der Waals surface area contributed by atoms with Crippen LogP contribution in [0.15, 0.2) is 30.6 Å². The van der Waals surface area contributed by atoms with E-state index in [1.165, 1.54) is 6.20 Å². The Labute approximate surface area is 104 Å². The first-order chi connectivity index (χ1) is 8.60. The Morgan fingerprint density at radius 1 is 1.50 bits per heavy atom. The van der Waals surface area contributed by atoms with Crippen LogP contribution in [0.5, 0.6) is 5.75 Å². The van der Waals surface area contributed by atoms with Crippen molar-refractivity contribution in [1.82, 2.24) is 9.78 Å². The molecule has 0 saturated carbocycles. The largest absolute Gasteiger partial charge is 0.497 e. The Kier molecular flexibility index (Phi) is 3.18. The number of carbonyl (C=O) groups is 1. The maximum absolute atomic E-state index is 11.9. The number of nitrogens with two attached hydrogens (primary N) is 1. The summed E-state index contributed by atoms with van der Waals surface area (Å²) < 4.78 is 6.64. The van der Waals surface area contributed by atoms with Gasteiger partial charge in [-0.3, -0.25) is 9.48 Å². The van der Waals surface area contributed by atoms with Crippen LogP contribution in [-0.2, 0) is 7.05 Å². The topological polar surface area (TPSA) is 82.2 Å². The number of carbonyl (C=O) groups excluding carboxylic acids is 1. The second-order valence-corrected chi connectivity index (χ2v) is 3.81. The molecule has 0 unspecified atom stereocenters. The fourth-order valence-electron chi connectivity index (χ4n) is 1.50. The molecule has 0 spiro atoms. The molecule has 0 aliphatic rings. The first kappa shape index (κ1) is 12.0. The summed E-state index contributed by atoms with van der Waals surface area (Å²) in [6, 6.07) is 5.08. The van der Waals surface area contributed by atoms with Gasteiger partial charge in [0.05, 0.1) is 30.2 Å². The average molecular weight is 246 g/mol. The number of ether oxygens (including phenoxy) is 1. The van der Waals surface area contributed by atoms with E-state index in [0.717, 1.165) is 0 Å². The molecule has 18 heavy (non-hydrogen) atoms. The van der Waals surface area contributed by atoms with Gasteiger partial charge in [0.2, 0.25) is 0 Å². The van der Waals surface area contributed by atoms with Gasteiger partial charge in [-0.1, -0.05) is 0 Å². The molecule has 2 rings (SSSR count). The van der Waals surface area contributed by atoms with Gasteiger partial charge in [-0.15, -0.1) is 0 Å². The molecule has 1 aromatic carbocycles. The summed E-state index contributed by atoms with van der Waals surface area (Å²) in [4.78, 5) is 11.9. The fourth-order valence-corrected chi connectivity index (χ4v) is 1.50. The minimum absolute atomic E-state index is 0.261. The molecule has 0 aliphatic carbocycles. The SMILES string of the molecule is COc1ccc(N)c(NC(=O)c2cnn(C)c2)c1. The summed E-state index contributed by atoms with van der Waals surface area (Å²) in [6.07, 6.45) is 3.12. The molecule has 1 heterocycles. The Bertz CT molecular complexity index is 577. The predicted molar refractivity (Wildman–Crippen MR) is 68.6 cm³/mol. The van der Waals surface area contributed by atoms with E-state index in [2.05, 4.69) is 10.4 Å². The van der Waals surface area contributed by atoms with Crippen LogP contribution < -0.4 is 15.8 Å². The van der Waals surface area contributed by atoms with Crippen molar-refractivity contribution in [3.05, 3.63) is 36.2 Å². The van der Waals surface area contributed by atoms with Gasteiger partial charge < -0.3 is 15.8 Å². The van der Waals surface area contributed by atoms with Gasteiger partial charge in [0.15, 0.2) is 0 Å². The number of methoxy groups -OCH3 is 1. The van der Waals surface area contributed by atoms with Crippen molar-refractivity contribution in [2.24, 2.45) is 7.05 Å². The summed E-state index contributed by atoms with van der Waals surface area (Å²) in [5.74, 6) is 0.369. The number of nitrogens with one attached hydrogen (secondary N) is 1. The number of rotatable bonds is 3. The third kappa shape index (κ3) is 2.42. The molecule has 0 fully saturated rings. The highest BCUT2D eigenvalue weighted by atomic mass is 16.5. The van der Waals surface area contributed by atoms with E-state index in [1.807, 2.05) is 0 Å². The molecule has 2 aromatic rings. The van der Waals surface area contributed by atoms with Gasteiger partial charge in [-0.05, 0) is 12.1 Å². The number of hydrogen-bond acceptors (Lipinski definition) is 4. The zero-order chi connectivity index (χ0) is 13.1. The normalized spacial score (nSPS) is 10.1. The summed E-state index contributed by atoms with van der Waals surface area (Å²) >= 11 is 0. The molecule has 0 saturated heterocycles. The van der Waals surface area contributed by atoms with Crippen LogP contribution in [0, 0.1) is 0 Å². The first-order valence-electron chi connectivity index (χ1n) is 5.33. The third-order valence-electron chi connectivity index (χ3n) is 2.48. The van der Waals surface area contributed by atoms with E-state index in [-0.39, 0.29) is 5.91 Å². The Morgan fingerprint density at radius 3 is 2.89 bits per heavy atom. The smallest absolute Gasteiger partial charge is 0.258 e. The monoisotopic (exact) mass is 246 g/mol. The number of aromatic nitrogens is 2. The van der Waals surface area contributed by atoms with E-state index in [0.29, 0.717) is 22.7 Å².